The summed E-state index contributed by atoms with van der Waals surface area (Å²) in [6.07, 6.45) is 3.11. The molecule has 132 valence electrons. The lowest BCUT2D eigenvalue weighted by molar-refractivity contribution is -0.131. The summed E-state index contributed by atoms with van der Waals surface area (Å²) in [6, 6.07) is 5.47. The minimum atomic E-state index is -0.248. The van der Waals surface area contributed by atoms with E-state index in [9.17, 15) is 9.59 Å². The summed E-state index contributed by atoms with van der Waals surface area (Å²) < 4.78 is 10.7. The van der Waals surface area contributed by atoms with Gasteiger partial charge in [0.25, 0.3) is 0 Å². The van der Waals surface area contributed by atoms with Gasteiger partial charge in [0, 0.05) is 19.2 Å². The van der Waals surface area contributed by atoms with Crippen LogP contribution in [0.25, 0.3) is 6.08 Å². The smallest absolute Gasteiger partial charge is 0.246 e. The van der Waals surface area contributed by atoms with Crippen molar-refractivity contribution in [3.63, 3.8) is 0 Å². The number of amides is 2. The topological polar surface area (TPSA) is 67.9 Å². The van der Waals surface area contributed by atoms with E-state index in [0.717, 1.165) is 5.56 Å². The Labute approximate surface area is 143 Å². The van der Waals surface area contributed by atoms with Gasteiger partial charge in [-0.15, -0.1) is 0 Å². The van der Waals surface area contributed by atoms with Gasteiger partial charge in [0.1, 0.15) is 0 Å². The molecule has 6 nitrogen and oxygen atoms in total. The van der Waals surface area contributed by atoms with Crippen molar-refractivity contribution < 1.29 is 19.1 Å². The molecule has 0 unspecified atom stereocenters. The molecule has 0 aliphatic carbocycles. The molecule has 2 amide bonds. The van der Waals surface area contributed by atoms with Crippen molar-refractivity contribution in [1.82, 2.24) is 10.2 Å². The molecule has 0 bridgehead atoms. The maximum atomic E-state index is 12.1. The van der Waals surface area contributed by atoms with E-state index >= 15 is 0 Å². The normalized spacial score (nSPS) is 10.8. The van der Waals surface area contributed by atoms with Crippen LogP contribution >= 0.6 is 0 Å². The summed E-state index contributed by atoms with van der Waals surface area (Å²) in [5.41, 5.74) is 0.813. The van der Waals surface area contributed by atoms with Crippen LogP contribution in [0.1, 0.15) is 26.3 Å². The van der Waals surface area contributed by atoms with Gasteiger partial charge in [0.2, 0.25) is 11.8 Å². The fourth-order valence-corrected chi connectivity index (χ4v) is 2.02. The molecule has 6 heteroatoms. The van der Waals surface area contributed by atoms with Crippen LogP contribution in [0.5, 0.6) is 11.5 Å². The van der Waals surface area contributed by atoms with E-state index in [1.807, 2.05) is 26.8 Å². The van der Waals surface area contributed by atoms with E-state index < -0.39 is 0 Å². The molecule has 0 saturated carbocycles. The largest absolute Gasteiger partial charge is 0.493 e. The standard InChI is InChI=1S/C18H26N2O4/c1-6-24-16-11-14(7-9-15(16)23-5)8-10-18(22)20(4)12-17(21)19-13(2)3/h7-11,13H,6,12H2,1-5H3,(H,19,21)/b10-8+. The predicted octanol–water partition coefficient (Wildman–Crippen LogP) is 2.09. The lowest BCUT2D eigenvalue weighted by Crippen LogP contribution is -2.40. The number of methoxy groups -OCH3 is 1. The van der Waals surface area contributed by atoms with Gasteiger partial charge in [-0.05, 0) is 44.5 Å². The third-order valence-corrected chi connectivity index (χ3v) is 3.11. The summed E-state index contributed by atoms with van der Waals surface area (Å²) >= 11 is 0. The summed E-state index contributed by atoms with van der Waals surface area (Å²) in [7, 11) is 3.17. The molecule has 0 saturated heterocycles. The number of carbonyl (C=O) groups is 2. The molecule has 0 aromatic heterocycles. The van der Waals surface area contributed by atoms with Crippen LogP contribution in [0, 0.1) is 0 Å². The molecule has 1 rings (SSSR count). The van der Waals surface area contributed by atoms with Gasteiger partial charge in [-0.1, -0.05) is 6.07 Å². The number of hydrogen-bond donors (Lipinski definition) is 1. The zero-order valence-corrected chi connectivity index (χ0v) is 15.0. The maximum Gasteiger partial charge on any atom is 0.246 e. The maximum absolute atomic E-state index is 12.1. The van der Waals surface area contributed by atoms with Gasteiger partial charge in [0.15, 0.2) is 11.5 Å². The molecule has 0 aliphatic rings. The molecule has 0 radical (unpaired) electrons. The number of ether oxygens (including phenoxy) is 2. The molecular formula is C18H26N2O4. The van der Waals surface area contributed by atoms with Gasteiger partial charge >= 0.3 is 0 Å². The van der Waals surface area contributed by atoms with Crippen molar-refractivity contribution >= 4 is 17.9 Å². The van der Waals surface area contributed by atoms with Gasteiger partial charge in [-0.2, -0.15) is 0 Å². The lowest BCUT2D eigenvalue weighted by atomic mass is 10.2. The molecule has 1 aromatic carbocycles. The van der Waals surface area contributed by atoms with Gasteiger partial charge < -0.3 is 19.7 Å². The summed E-state index contributed by atoms with van der Waals surface area (Å²) in [6.45, 7) is 6.19. The second kappa shape index (κ2) is 9.60. The van der Waals surface area contributed by atoms with E-state index in [2.05, 4.69) is 5.32 Å². The van der Waals surface area contributed by atoms with Crippen LogP contribution in [0.3, 0.4) is 0 Å². The molecule has 0 spiro atoms. The highest BCUT2D eigenvalue weighted by atomic mass is 16.5. The van der Waals surface area contributed by atoms with Crippen molar-refractivity contribution in [2.75, 3.05) is 27.3 Å². The molecule has 1 aromatic rings. The lowest BCUT2D eigenvalue weighted by Gasteiger charge is -2.16. The Morgan fingerprint density at radius 3 is 2.58 bits per heavy atom. The highest BCUT2D eigenvalue weighted by Crippen LogP contribution is 2.28. The average molecular weight is 334 g/mol. The number of hydrogen-bond acceptors (Lipinski definition) is 4. The van der Waals surface area contributed by atoms with Crippen molar-refractivity contribution in [1.29, 1.82) is 0 Å². The van der Waals surface area contributed by atoms with Crippen LogP contribution in [-0.4, -0.2) is 50.1 Å². The van der Waals surface area contributed by atoms with E-state index in [0.29, 0.717) is 18.1 Å². The first-order valence-electron chi connectivity index (χ1n) is 7.90. The minimum Gasteiger partial charge on any atom is -0.493 e. The Bertz CT molecular complexity index is 597. The number of rotatable bonds is 8. The zero-order valence-electron chi connectivity index (χ0n) is 15.0. The van der Waals surface area contributed by atoms with E-state index in [1.165, 1.54) is 11.0 Å². The fraction of sp³-hybridized carbons (Fsp3) is 0.444. The Morgan fingerprint density at radius 2 is 2.00 bits per heavy atom. The fourth-order valence-electron chi connectivity index (χ4n) is 2.02. The Kier molecular flexibility index (Phi) is 7.82. The molecule has 0 aliphatic heterocycles. The Morgan fingerprint density at radius 1 is 1.29 bits per heavy atom. The summed E-state index contributed by atoms with van der Waals surface area (Å²) in [5.74, 6) is 0.835. The van der Waals surface area contributed by atoms with Gasteiger partial charge in [-0.3, -0.25) is 9.59 Å². The highest BCUT2D eigenvalue weighted by molar-refractivity contribution is 5.94. The number of nitrogens with one attached hydrogen (secondary N) is 1. The third-order valence-electron chi connectivity index (χ3n) is 3.11. The monoisotopic (exact) mass is 334 g/mol. The SMILES string of the molecule is CCOc1cc(/C=C/C(=O)N(C)CC(=O)NC(C)C)ccc1OC. The predicted molar refractivity (Wildman–Crippen MR) is 94.1 cm³/mol. The molecule has 0 fully saturated rings. The van der Waals surface area contributed by atoms with Crippen LogP contribution in [0.15, 0.2) is 24.3 Å². The van der Waals surface area contributed by atoms with Gasteiger partial charge in [-0.25, -0.2) is 0 Å². The van der Waals surface area contributed by atoms with Crippen molar-refractivity contribution in [3.05, 3.63) is 29.8 Å². The molecule has 24 heavy (non-hydrogen) atoms. The summed E-state index contributed by atoms with van der Waals surface area (Å²) in [5, 5.41) is 2.75. The van der Waals surface area contributed by atoms with E-state index in [1.54, 1.807) is 32.4 Å². The first-order valence-corrected chi connectivity index (χ1v) is 7.90. The highest BCUT2D eigenvalue weighted by Gasteiger charge is 2.11. The second-order valence-electron chi connectivity index (χ2n) is 5.59. The number of likely N-dealkylation sites (N-methyl/N-ethyl adjacent to an activating group) is 1. The number of carbonyl (C=O) groups excluding carboxylic acids is 2. The van der Waals surface area contributed by atoms with Crippen LogP contribution in [0.4, 0.5) is 0 Å². The van der Waals surface area contributed by atoms with Gasteiger partial charge in [0.05, 0.1) is 20.3 Å². The number of nitrogens with zero attached hydrogens (tertiary/aromatic N) is 1. The van der Waals surface area contributed by atoms with E-state index in [4.69, 9.17) is 9.47 Å². The van der Waals surface area contributed by atoms with Crippen LogP contribution < -0.4 is 14.8 Å². The molecular weight excluding hydrogens is 308 g/mol. The quantitative estimate of drug-likeness (QED) is 0.739. The molecule has 1 N–H and O–H groups in total. The third kappa shape index (κ3) is 6.32. The van der Waals surface area contributed by atoms with Crippen molar-refractivity contribution in [2.24, 2.45) is 0 Å². The second-order valence-corrected chi connectivity index (χ2v) is 5.59. The average Bonchev–Trinajstić information content (AvgIpc) is 2.52. The van der Waals surface area contributed by atoms with Crippen LogP contribution in [-0.2, 0) is 9.59 Å². The Hall–Kier alpha value is -2.50. The van der Waals surface area contributed by atoms with Crippen molar-refractivity contribution in [2.45, 2.75) is 26.8 Å². The zero-order chi connectivity index (χ0) is 18.1. The molecule has 0 atom stereocenters. The Balaban J connectivity index is 2.72. The number of benzene rings is 1. The van der Waals surface area contributed by atoms with Crippen molar-refractivity contribution in [3.8, 4) is 11.5 Å². The van der Waals surface area contributed by atoms with E-state index in [-0.39, 0.29) is 24.4 Å². The molecule has 0 heterocycles. The summed E-state index contributed by atoms with van der Waals surface area (Å²) in [4.78, 5) is 25.1. The first kappa shape index (κ1) is 19.5. The minimum absolute atomic E-state index is 0.0220. The van der Waals surface area contributed by atoms with Crippen LogP contribution in [0.2, 0.25) is 0 Å². The first-order chi connectivity index (χ1) is 11.4.